The van der Waals surface area contributed by atoms with Gasteiger partial charge in [-0.25, -0.2) is 4.79 Å². The van der Waals surface area contributed by atoms with Crippen molar-refractivity contribution in [2.75, 3.05) is 13.2 Å². The lowest BCUT2D eigenvalue weighted by Crippen LogP contribution is -2.12. The van der Waals surface area contributed by atoms with Crippen molar-refractivity contribution in [3.05, 3.63) is 11.3 Å². The molecule has 0 radical (unpaired) electrons. The standard InChI is InChI=1S/C13H22O3/c1-4-7-11(13(14)15-6-3)12-10(5-2)8-9-16-12/h10H,4-9H2,1-3H3/b12-11+. The number of allylic oxidation sites excluding steroid dienone is 1. The molecule has 1 saturated heterocycles. The third kappa shape index (κ3) is 3.00. The maximum absolute atomic E-state index is 11.8. The Morgan fingerprint density at radius 3 is 2.75 bits per heavy atom. The highest BCUT2D eigenvalue weighted by Crippen LogP contribution is 2.32. The molecule has 0 saturated carbocycles. The zero-order chi connectivity index (χ0) is 12.0. The van der Waals surface area contributed by atoms with E-state index in [0.29, 0.717) is 12.5 Å². The molecule has 1 fully saturated rings. The predicted octanol–water partition coefficient (Wildman–Crippen LogP) is 3.05. The smallest absolute Gasteiger partial charge is 0.337 e. The minimum absolute atomic E-state index is 0.195. The minimum Gasteiger partial charge on any atom is -0.497 e. The largest absolute Gasteiger partial charge is 0.497 e. The number of ether oxygens (including phenoxy) is 2. The van der Waals surface area contributed by atoms with Crippen LogP contribution in [-0.2, 0) is 14.3 Å². The lowest BCUT2D eigenvalue weighted by Gasteiger charge is -2.13. The number of rotatable bonds is 5. The molecule has 1 aliphatic rings. The van der Waals surface area contributed by atoms with Crippen LogP contribution in [0.2, 0.25) is 0 Å². The molecular weight excluding hydrogens is 204 g/mol. The van der Waals surface area contributed by atoms with Crippen LogP contribution in [0.4, 0.5) is 0 Å². The zero-order valence-corrected chi connectivity index (χ0v) is 10.5. The molecule has 16 heavy (non-hydrogen) atoms. The third-order valence-electron chi connectivity index (χ3n) is 2.91. The minimum atomic E-state index is -0.195. The topological polar surface area (TPSA) is 35.5 Å². The number of hydrogen-bond acceptors (Lipinski definition) is 3. The summed E-state index contributed by atoms with van der Waals surface area (Å²) >= 11 is 0. The van der Waals surface area contributed by atoms with Gasteiger partial charge in [0, 0.05) is 5.92 Å². The molecule has 3 nitrogen and oxygen atoms in total. The first-order valence-electron chi connectivity index (χ1n) is 6.27. The Morgan fingerprint density at radius 1 is 1.44 bits per heavy atom. The highest BCUT2D eigenvalue weighted by molar-refractivity contribution is 5.89. The fourth-order valence-corrected chi connectivity index (χ4v) is 2.08. The van der Waals surface area contributed by atoms with E-state index in [2.05, 4.69) is 13.8 Å². The van der Waals surface area contributed by atoms with E-state index in [4.69, 9.17) is 9.47 Å². The summed E-state index contributed by atoms with van der Waals surface area (Å²) in [5.74, 6) is 1.11. The summed E-state index contributed by atoms with van der Waals surface area (Å²) in [7, 11) is 0. The van der Waals surface area contributed by atoms with E-state index < -0.39 is 0 Å². The molecule has 0 N–H and O–H groups in total. The number of esters is 1. The Morgan fingerprint density at radius 2 is 2.19 bits per heavy atom. The monoisotopic (exact) mass is 226 g/mol. The van der Waals surface area contributed by atoms with E-state index in [1.807, 2.05) is 6.92 Å². The Balaban J connectivity index is 2.88. The second-order valence-electron chi connectivity index (χ2n) is 4.06. The summed E-state index contributed by atoms with van der Waals surface area (Å²) in [6.45, 7) is 7.19. The van der Waals surface area contributed by atoms with Crippen molar-refractivity contribution in [3.63, 3.8) is 0 Å². The van der Waals surface area contributed by atoms with Gasteiger partial charge in [0.05, 0.1) is 18.8 Å². The quantitative estimate of drug-likeness (QED) is 0.534. The first-order valence-corrected chi connectivity index (χ1v) is 6.27. The molecule has 3 heteroatoms. The Labute approximate surface area is 97.8 Å². The van der Waals surface area contributed by atoms with Gasteiger partial charge in [-0.2, -0.15) is 0 Å². The lowest BCUT2D eigenvalue weighted by atomic mass is 9.97. The van der Waals surface area contributed by atoms with Gasteiger partial charge in [0.25, 0.3) is 0 Å². The summed E-state index contributed by atoms with van der Waals surface area (Å²) < 4.78 is 10.7. The second-order valence-corrected chi connectivity index (χ2v) is 4.06. The molecule has 0 bridgehead atoms. The fourth-order valence-electron chi connectivity index (χ4n) is 2.08. The van der Waals surface area contributed by atoms with Crippen molar-refractivity contribution in [1.82, 2.24) is 0 Å². The van der Waals surface area contributed by atoms with Gasteiger partial charge in [-0.05, 0) is 26.2 Å². The predicted molar refractivity (Wildman–Crippen MR) is 62.9 cm³/mol. The maximum Gasteiger partial charge on any atom is 0.337 e. The first kappa shape index (κ1) is 13.1. The van der Waals surface area contributed by atoms with E-state index in [0.717, 1.165) is 43.6 Å². The van der Waals surface area contributed by atoms with Crippen LogP contribution in [0, 0.1) is 5.92 Å². The summed E-state index contributed by atoms with van der Waals surface area (Å²) in [6, 6.07) is 0. The molecule has 0 spiro atoms. The summed E-state index contributed by atoms with van der Waals surface area (Å²) in [5.41, 5.74) is 0.758. The first-order chi connectivity index (χ1) is 7.74. The van der Waals surface area contributed by atoms with Crippen LogP contribution < -0.4 is 0 Å². The lowest BCUT2D eigenvalue weighted by molar-refractivity contribution is -0.139. The highest BCUT2D eigenvalue weighted by atomic mass is 16.5. The van der Waals surface area contributed by atoms with Crippen LogP contribution >= 0.6 is 0 Å². The normalized spacial score (nSPS) is 22.8. The van der Waals surface area contributed by atoms with Gasteiger partial charge in [0.1, 0.15) is 5.76 Å². The van der Waals surface area contributed by atoms with Crippen molar-refractivity contribution >= 4 is 5.97 Å². The molecule has 1 unspecified atom stereocenters. The van der Waals surface area contributed by atoms with E-state index in [-0.39, 0.29) is 5.97 Å². The van der Waals surface area contributed by atoms with E-state index in [1.165, 1.54) is 0 Å². The van der Waals surface area contributed by atoms with E-state index in [9.17, 15) is 4.79 Å². The number of carbonyl (C=O) groups is 1. The Bertz CT molecular complexity index is 268. The van der Waals surface area contributed by atoms with Crippen LogP contribution in [0.15, 0.2) is 11.3 Å². The average Bonchev–Trinajstić information content (AvgIpc) is 2.73. The van der Waals surface area contributed by atoms with Gasteiger partial charge >= 0.3 is 5.97 Å². The Kier molecular flexibility index (Phi) is 5.36. The van der Waals surface area contributed by atoms with Crippen LogP contribution in [0.3, 0.4) is 0 Å². The van der Waals surface area contributed by atoms with Crippen LogP contribution in [-0.4, -0.2) is 19.2 Å². The van der Waals surface area contributed by atoms with Crippen molar-refractivity contribution < 1.29 is 14.3 Å². The molecule has 0 aliphatic carbocycles. The van der Waals surface area contributed by atoms with Crippen LogP contribution in [0.5, 0.6) is 0 Å². The van der Waals surface area contributed by atoms with Crippen molar-refractivity contribution in [2.45, 2.75) is 46.5 Å². The molecule has 0 aromatic carbocycles. The van der Waals surface area contributed by atoms with E-state index >= 15 is 0 Å². The second kappa shape index (κ2) is 6.56. The van der Waals surface area contributed by atoms with E-state index in [1.54, 1.807) is 0 Å². The summed E-state index contributed by atoms with van der Waals surface area (Å²) in [6.07, 6.45) is 3.75. The molecular formula is C13H22O3. The van der Waals surface area contributed by atoms with Gasteiger partial charge in [-0.1, -0.05) is 20.3 Å². The molecule has 0 aromatic rings. The number of carbonyl (C=O) groups excluding carboxylic acids is 1. The average molecular weight is 226 g/mol. The molecule has 0 aromatic heterocycles. The Hall–Kier alpha value is -0.990. The third-order valence-corrected chi connectivity index (χ3v) is 2.91. The summed E-state index contributed by atoms with van der Waals surface area (Å²) in [4.78, 5) is 11.8. The van der Waals surface area contributed by atoms with Gasteiger partial charge in [0.15, 0.2) is 0 Å². The molecule has 92 valence electrons. The van der Waals surface area contributed by atoms with Gasteiger partial charge in [-0.3, -0.25) is 0 Å². The van der Waals surface area contributed by atoms with Crippen molar-refractivity contribution in [1.29, 1.82) is 0 Å². The molecule has 1 aliphatic heterocycles. The van der Waals surface area contributed by atoms with Crippen molar-refractivity contribution in [2.24, 2.45) is 5.92 Å². The van der Waals surface area contributed by atoms with Crippen LogP contribution in [0.1, 0.15) is 46.5 Å². The molecule has 0 amide bonds. The van der Waals surface area contributed by atoms with Gasteiger partial charge in [0.2, 0.25) is 0 Å². The maximum atomic E-state index is 11.8. The zero-order valence-electron chi connectivity index (χ0n) is 10.5. The highest BCUT2D eigenvalue weighted by Gasteiger charge is 2.27. The number of hydrogen-bond donors (Lipinski definition) is 0. The molecule has 1 atom stereocenters. The molecule has 1 rings (SSSR count). The summed E-state index contributed by atoms with van der Waals surface area (Å²) in [5, 5.41) is 0. The van der Waals surface area contributed by atoms with Gasteiger partial charge < -0.3 is 9.47 Å². The van der Waals surface area contributed by atoms with Gasteiger partial charge in [-0.15, -0.1) is 0 Å². The fraction of sp³-hybridized carbons (Fsp3) is 0.769. The van der Waals surface area contributed by atoms with Crippen molar-refractivity contribution in [3.8, 4) is 0 Å². The van der Waals surface area contributed by atoms with Crippen LogP contribution in [0.25, 0.3) is 0 Å². The molecule has 1 heterocycles. The SMILES string of the molecule is CCC/C(C(=O)OCC)=C1\OCCC1CC.